The Bertz CT molecular complexity index is 680. The zero-order chi connectivity index (χ0) is 18.1. The summed E-state index contributed by atoms with van der Waals surface area (Å²) < 4.78 is 26.3. The van der Waals surface area contributed by atoms with Crippen molar-refractivity contribution in [2.24, 2.45) is 23.7 Å². The predicted molar refractivity (Wildman–Crippen MR) is 96.7 cm³/mol. The maximum atomic E-state index is 12.8. The average Bonchev–Trinajstić information content (AvgIpc) is 3.42. The van der Waals surface area contributed by atoms with Crippen molar-refractivity contribution in [1.29, 1.82) is 0 Å². The SMILES string of the molecule is O=C(NC1C2CC3CC1CC(O)(C3)C2)C1CCN(S(=O)(=O)C2CC2)CC1. The van der Waals surface area contributed by atoms with E-state index in [2.05, 4.69) is 5.32 Å². The third-order valence-electron chi connectivity index (χ3n) is 7.68. The second kappa shape index (κ2) is 5.92. The van der Waals surface area contributed by atoms with E-state index in [4.69, 9.17) is 0 Å². The first-order valence-corrected chi connectivity index (χ1v) is 11.9. The molecule has 6 nitrogen and oxygen atoms in total. The standard InChI is InChI=1S/C19H30N2O4S/c22-18(13-3-5-21(6-4-13)26(24,25)16-1-2-16)20-17-14-7-12-8-15(17)11-19(23,9-12)10-14/h12-17,23H,1-11H2,(H,20,22). The van der Waals surface area contributed by atoms with E-state index in [1.165, 1.54) is 0 Å². The van der Waals surface area contributed by atoms with Gasteiger partial charge in [0.25, 0.3) is 0 Å². The highest BCUT2D eigenvalue weighted by Gasteiger charge is 2.55. The molecule has 26 heavy (non-hydrogen) atoms. The molecule has 2 unspecified atom stereocenters. The fourth-order valence-electron chi connectivity index (χ4n) is 6.45. The van der Waals surface area contributed by atoms with E-state index in [-0.39, 0.29) is 23.1 Å². The van der Waals surface area contributed by atoms with E-state index in [0.29, 0.717) is 43.7 Å². The maximum Gasteiger partial charge on any atom is 0.223 e. The molecule has 146 valence electrons. The molecule has 6 aliphatic rings. The van der Waals surface area contributed by atoms with Crippen LogP contribution in [0.25, 0.3) is 0 Å². The number of aliphatic hydroxyl groups is 1. The van der Waals surface area contributed by atoms with Gasteiger partial charge in [-0.2, -0.15) is 0 Å². The highest BCUT2D eigenvalue weighted by molar-refractivity contribution is 7.90. The van der Waals surface area contributed by atoms with Gasteiger partial charge >= 0.3 is 0 Å². The summed E-state index contributed by atoms with van der Waals surface area (Å²) in [5, 5.41) is 13.8. The highest BCUT2D eigenvalue weighted by atomic mass is 32.2. The molecule has 6 fully saturated rings. The lowest BCUT2D eigenvalue weighted by molar-refractivity contribution is -0.148. The molecule has 1 saturated heterocycles. The summed E-state index contributed by atoms with van der Waals surface area (Å²) in [7, 11) is -3.11. The van der Waals surface area contributed by atoms with Gasteiger partial charge in [-0.25, -0.2) is 12.7 Å². The Kier molecular flexibility index (Phi) is 3.97. The second-order valence-corrected chi connectivity index (χ2v) is 11.9. The molecule has 0 aromatic heterocycles. The number of carbonyl (C=O) groups excluding carboxylic acids is 1. The lowest BCUT2D eigenvalue weighted by Crippen LogP contribution is -2.62. The summed E-state index contributed by atoms with van der Waals surface area (Å²) in [6.07, 6.45) is 7.75. The summed E-state index contributed by atoms with van der Waals surface area (Å²) in [5.74, 6) is 1.52. The van der Waals surface area contributed by atoms with E-state index in [0.717, 1.165) is 44.9 Å². The normalized spacial score (nSPS) is 43.6. The van der Waals surface area contributed by atoms with Crippen LogP contribution in [-0.2, 0) is 14.8 Å². The molecule has 7 heteroatoms. The summed E-state index contributed by atoms with van der Waals surface area (Å²) in [5.41, 5.74) is -0.472. The first kappa shape index (κ1) is 17.4. The van der Waals surface area contributed by atoms with Crippen LogP contribution >= 0.6 is 0 Å². The molecule has 4 bridgehead atoms. The molecule has 1 aliphatic heterocycles. The monoisotopic (exact) mass is 382 g/mol. The molecule has 5 aliphatic carbocycles. The zero-order valence-corrected chi connectivity index (χ0v) is 16.1. The first-order valence-electron chi connectivity index (χ1n) is 10.4. The fourth-order valence-corrected chi connectivity index (χ4v) is 8.32. The number of rotatable bonds is 4. The minimum atomic E-state index is -3.11. The molecule has 0 aromatic rings. The Balaban J connectivity index is 1.18. The second-order valence-electron chi connectivity index (χ2n) is 9.65. The molecule has 6 rings (SSSR count). The third kappa shape index (κ3) is 2.90. The molecule has 0 aromatic carbocycles. The fraction of sp³-hybridized carbons (Fsp3) is 0.947. The minimum absolute atomic E-state index is 0.0686. The Morgan fingerprint density at radius 2 is 1.62 bits per heavy atom. The summed E-state index contributed by atoms with van der Waals surface area (Å²) in [6, 6.07) is 0.215. The number of nitrogens with zero attached hydrogens (tertiary/aromatic N) is 1. The van der Waals surface area contributed by atoms with Gasteiger partial charge in [0.1, 0.15) is 0 Å². The van der Waals surface area contributed by atoms with Crippen molar-refractivity contribution in [2.75, 3.05) is 13.1 Å². The largest absolute Gasteiger partial charge is 0.390 e. The van der Waals surface area contributed by atoms with E-state index >= 15 is 0 Å². The van der Waals surface area contributed by atoms with Crippen LogP contribution in [0.5, 0.6) is 0 Å². The molecule has 2 N–H and O–H groups in total. The van der Waals surface area contributed by atoms with Gasteiger partial charge < -0.3 is 10.4 Å². The van der Waals surface area contributed by atoms with Crippen molar-refractivity contribution in [1.82, 2.24) is 9.62 Å². The predicted octanol–water partition coefficient (Wildman–Crippen LogP) is 1.25. The zero-order valence-electron chi connectivity index (χ0n) is 15.3. The van der Waals surface area contributed by atoms with Gasteiger partial charge in [0, 0.05) is 25.0 Å². The van der Waals surface area contributed by atoms with E-state index in [1.54, 1.807) is 4.31 Å². The summed E-state index contributed by atoms with van der Waals surface area (Å²) in [6.45, 7) is 0.965. The number of carbonyl (C=O) groups is 1. The van der Waals surface area contributed by atoms with Crippen molar-refractivity contribution in [3.8, 4) is 0 Å². The van der Waals surface area contributed by atoms with E-state index in [9.17, 15) is 18.3 Å². The molecule has 0 radical (unpaired) electrons. The molecular formula is C19H30N2O4S. The molecule has 1 heterocycles. The smallest absolute Gasteiger partial charge is 0.223 e. The Hall–Kier alpha value is -0.660. The molecular weight excluding hydrogens is 352 g/mol. The number of amides is 1. The van der Waals surface area contributed by atoms with Crippen LogP contribution in [-0.4, -0.2) is 53.7 Å². The van der Waals surface area contributed by atoms with Crippen molar-refractivity contribution in [2.45, 2.75) is 74.7 Å². The first-order chi connectivity index (χ1) is 12.3. The van der Waals surface area contributed by atoms with Gasteiger partial charge in [-0.05, 0) is 75.5 Å². The summed E-state index contributed by atoms with van der Waals surface area (Å²) >= 11 is 0. The van der Waals surface area contributed by atoms with Crippen molar-refractivity contribution in [3.05, 3.63) is 0 Å². The van der Waals surface area contributed by atoms with Gasteiger partial charge in [-0.1, -0.05) is 0 Å². The molecule has 0 spiro atoms. The van der Waals surface area contributed by atoms with E-state index in [1.807, 2.05) is 0 Å². The quantitative estimate of drug-likeness (QED) is 0.766. The average molecular weight is 383 g/mol. The van der Waals surface area contributed by atoms with Crippen molar-refractivity contribution < 1.29 is 18.3 Å². The van der Waals surface area contributed by atoms with Crippen LogP contribution < -0.4 is 5.32 Å². The summed E-state index contributed by atoms with van der Waals surface area (Å²) in [4.78, 5) is 12.8. The van der Waals surface area contributed by atoms with Crippen LogP contribution in [0.2, 0.25) is 0 Å². The van der Waals surface area contributed by atoms with Gasteiger partial charge in [0.05, 0.1) is 10.9 Å². The topological polar surface area (TPSA) is 86.7 Å². The van der Waals surface area contributed by atoms with Crippen molar-refractivity contribution >= 4 is 15.9 Å². The van der Waals surface area contributed by atoms with Gasteiger partial charge in [0.2, 0.25) is 15.9 Å². The Morgan fingerprint density at radius 3 is 2.15 bits per heavy atom. The molecule has 1 amide bonds. The van der Waals surface area contributed by atoms with Crippen LogP contribution in [0.15, 0.2) is 0 Å². The highest BCUT2D eigenvalue weighted by Crippen LogP contribution is 2.55. The van der Waals surface area contributed by atoms with Crippen LogP contribution in [0.1, 0.15) is 57.8 Å². The Morgan fingerprint density at radius 1 is 1.00 bits per heavy atom. The third-order valence-corrected chi connectivity index (χ3v) is 10.1. The number of piperidine rings is 1. The number of hydrogen-bond donors (Lipinski definition) is 2. The molecule has 2 atom stereocenters. The minimum Gasteiger partial charge on any atom is -0.390 e. The van der Waals surface area contributed by atoms with E-state index < -0.39 is 15.6 Å². The molecule has 5 saturated carbocycles. The lowest BCUT2D eigenvalue weighted by Gasteiger charge is -2.58. The Labute approximate surface area is 155 Å². The number of nitrogens with one attached hydrogen (secondary N) is 1. The van der Waals surface area contributed by atoms with Crippen LogP contribution in [0.3, 0.4) is 0 Å². The van der Waals surface area contributed by atoms with Crippen LogP contribution in [0.4, 0.5) is 0 Å². The number of sulfonamides is 1. The van der Waals surface area contributed by atoms with Gasteiger partial charge in [-0.3, -0.25) is 4.79 Å². The van der Waals surface area contributed by atoms with Crippen LogP contribution in [0, 0.1) is 23.7 Å². The van der Waals surface area contributed by atoms with Crippen molar-refractivity contribution in [3.63, 3.8) is 0 Å². The van der Waals surface area contributed by atoms with Gasteiger partial charge in [0.15, 0.2) is 0 Å². The lowest BCUT2D eigenvalue weighted by atomic mass is 9.52. The van der Waals surface area contributed by atoms with Gasteiger partial charge in [-0.15, -0.1) is 0 Å². The maximum absolute atomic E-state index is 12.8. The number of hydrogen-bond acceptors (Lipinski definition) is 4.